The van der Waals surface area contributed by atoms with E-state index in [1.807, 2.05) is 57.2 Å². The number of fused-ring (bicyclic) bond motifs is 1. The van der Waals surface area contributed by atoms with Gasteiger partial charge < -0.3 is 14.8 Å². The van der Waals surface area contributed by atoms with E-state index in [0.29, 0.717) is 0 Å². The molecule has 0 bridgehead atoms. The first-order chi connectivity index (χ1) is 12.0. The largest absolute Gasteiger partial charge is 0.449 e. The summed E-state index contributed by atoms with van der Waals surface area (Å²) in [5, 5.41) is 2.60. The zero-order valence-electron chi connectivity index (χ0n) is 15.0. The van der Waals surface area contributed by atoms with Crippen LogP contribution in [0, 0.1) is 5.92 Å². The van der Waals surface area contributed by atoms with Gasteiger partial charge in [-0.2, -0.15) is 0 Å². The predicted molar refractivity (Wildman–Crippen MR) is 100 cm³/mol. The van der Waals surface area contributed by atoms with Crippen LogP contribution in [0.1, 0.15) is 37.8 Å². The molecular weight excluding hydrogens is 314 g/mol. The summed E-state index contributed by atoms with van der Waals surface area (Å²) < 4.78 is 5.42. The Labute approximate surface area is 149 Å². The first-order valence-electron chi connectivity index (χ1n) is 8.50. The Balaban J connectivity index is 2.17. The van der Waals surface area contributed by atoms with Gasteiger partial charge in [-0.25, -0.2) is 4.79 Å². The van der Waals surface area contributed by atoms with Gasteiger partial charge in [0.1, 0.15) is 12.9 Å². The van der Waals surface area contributed by atoms with Gasteiger partial charge in [0.15, 0.2) is 0 Å². The summed E-state index contributed by atoms with van der Waals surface area (Å²) in [5.74, 6) is -0.0250. The standard InChI is InChI=1S/C21H25NO3/c1-5-9-16-15(6-2)17-10-7-8-11-18(17)19(16)13-25-21(24)22-20(12-23)14(3)4/h5-12,14,19-20H,2,13H2,1,3-4H3,(H,22,24)/b9-5-/t19?,20-/m1/s1. The summed E-state index contributed by atoms with van der Waals surface area (Å²) in [6.07, 6.45) is 6.01. The van der Waals surface area contributed by atoms with Crippen molar-refractivity contribution in [1.82, 2.24) is 5.32 Å². The lowest BCUT2D eigenvalue weighted by Crippen LogP contribution is -2.40. The van der Waals surface area contributed by atoms with E-state index in [-0.39, 0.29) is 18.4 Å². The highest BCUT2D eigenvalue weighted by molar-refractivity contribution is 5.86. The second-order valence-electron chi connectivity index (χ2n) is 6.36. The highest BCUT2D eigenvalue weighted by Gasteiger charge is 2.29. The van der Waals surface area contributed by atoms with Gasteiger partial charge in [-0.05, 0) is 35.1 Å². The molecule has 0 radical (unpaired) electrons. The molecule has 1 amide bonds. The first-order valence-corrected chi connectivity index (χ1v) is 8.50. The van der Waals surface area contributed by atoms with Gasteiger partial charge in [0.2, 0.25) is 0 Å². The van der Waals surface area contributed by atoms with Crippen LogP contribution in [0.25, 0.3) is 5.57 Å². The van der Waals surface area contributed by atoms with Crippen molar-refractivity contribution in [1.29, 1.82) is 0 Å². The van der Waals surface area contributed by atoms with Crippen LogP contribution in [0.3, 0.4) is 0 Å². The van der Waals surface area contributed by atoms with Crippen molar-refractivity contribution in [3.63, 3.8) is 0 Å². The third-order valence-corrected chi connectivity index (χ3v) is 4.39. The molecule has 1 aliphatic rings. The van der Waals surface area contributed by atoms with E-state index < -0.39 is 12.1 Å². The Bertz CT molecular complexity index is 716. The molecule has 25 heavy (non-hydrogen) atoms. The van der Waals surface area contributed by atoms with Crippen LogP contribution in [-0.2, 0) is 9.53 Å². The number of aldehydes is 1. The zero-order valence-corrected chi connectivity index (χ0v) is 15.0. The monoisotopic (exact) mass is 339 g/mol. The minimum Gasteiger partial charge on any atom is -0.449 e. The van der Waals surface area contributed by atoms with Gasteiger partial charge in [0.25, 0.3) is 0 Å². The van der Waals surface area contributed by atoms with Crippen LogP contribution >= 0.6 is 0 Å². The molecule has 4 heteroatoms. The molecule has 0 aromatic heterocycles. The Morgan fingerprint density at radius 1 is 1.36 bits per heavy atom. The van der Waals surface area contributed by atoms with Gasteiger partial charge in [0, 0.05) is 5.92 Å². The molecule has 4 nitrogen and oxygen atoms in total. The average molecular weight is 339 g/mol. The summed E-state index contributed by atoms with van der Waals surface area (Å²) >= 11 is 0. The molecule has 0 saturated carbocycles. The van der Waals surface area contributed by atoms with Crippen molar-refractivity contribution in [2.24, 2.45) is 5.92 Å². The third-order valence-electron chi connectivity index (χ3n) is 4.39. The second-order valence-corrected chi connectivity index (χ2v) is 6.36. The molecule has 2 rings (SSSR count). The van der Waals surface area contributed by atoms with Gasteiger partial charge in [0.05, 0.1) is 6.04 Å². The van der Waals surface area contributed by atoms with E-state index in [9.17, 15) is 9.59 Å². The van der Waals surface area contributed by atoms with Crippen molar-refractivity contribution >= 4 is 18.0 Å². The normalized spacial score (nSPS) is 17.5. The van der Waals surface area contributed by atoms with Crippen molar-refractivity contribution in [2.75, 3.05) is 6.61 Å². The quantitative estimate of drug-likeness (QED) is 0.756. The van der Waals surface area contributed by atoms with Gasteiger partial charge in [-0.3, -0.25) is 0 Å². The van der Waals surface area contributed by atoms with E-state index in [4.69, 9.17) is 4.74 Å². The number of carbonyl (C=O) groups excluding carboxylic acids is 2. The number of carbonyl (C=O) groups is 2. The number of amides is 1. The lowest BCUT2D eigenvalue weighted by molar-refractivity contribution is -0.110. The van der Waals surface area contributed by atoms with Crippen LogP contribution in [0.2, 0.25) is 0 Å². The highest BCUT2D eigenvalue weighted by atomic mass is 16.5. The minimum absolute atomic E-state index is 0.0168. The van der Waals surface area contributed by atoms with E-state index in [0.717, 1.165) is 28.6 Å². The number of benzene rings is 1. The van der Waals surface area contributed by atoms with Gasteiger partial charge in [-0.15, -0.1) is 0 Å². The fraction of sp³-hybridized carbons (Fsp3) is 0.333. The maximum absolute atomic E-state index is 12.1. The number of hydrogen-bond acceptors (Lipinski definition) is 3. The topological polar surface area (TPSA) is 55.4 Å². The molecule has 0 aliphatic heterocycles. The molecule has 0 spiro atoms. The summed E-state index contributed by atoms with van der Waals surface area (Å²) in [5.41, 5.74) is 4.39. The van der Waals surface area contributed by atoms with Gasteiger partial charge >= 0.3 is 6.09 Å². The highest BCUT2D eigenvalue weighted by Crippen LogP contribution is 2.43. The molecule has 2 atom stereocenters. The van der Waals surface area contributed by atoms with E-state index in [2.05, 4.69) is 18.0 Å². The SMILES string of the molecule is C=CC1=C(/C=C\C)C(COC(=O)N[C@H](C=O)C(C)C)c2ccccc21. The van der Waals surface area contributed by atoms with Crippen molar-refractivity contribution < 1.29 is 14.3 Å². The van der Waals surface area contributed by atoms with Crippen molar-refractivity contribution in [3.05, 3.63) is 65.8 Å². The smallest absolute Gasteiger partial charge is 0.407 e. The van der Waals surface area contributed by atoms with Crippen LogP contribution in [0.4, 0.5) is 4.79 Å². The van der Waals surface area contributed by atoms with Gasteiger partial charge in [-0.1, -0.05) is 62.9 Å². The number of allylic oxidation sites excluding steroid dienone is 4. The Morgan fingerprint density at radius 2 is 2.08 bits per heavy atom. The third kappa shape index (κ3) is 4.08. The number of hydrogen-bond donors (Lipinski definition) is 1. The summed E-state index contributed by atoms with van der Waals surface area (Å²) in [4.78, 5) is 23.1. The minimum atomic E-state index is -0.574. The Kier molecular flexibility index (Phi) is 6.34. The fourth-order valence-electron chi connectivity index (χ4n) is 3.04. The summed E-state index contributed by atoms with van der Waals surface area (Å²) in [6, 6.07) is 7.52. The lowest BCUT2D eigenvalue weighted by Gasteiger charge is -2.19. The fourth-order valence-corrected chi connectivity index (χ4v) is 3.04. The van der Waals surface area contributed by atoms with Crippen LogP contribution in [0.5, 0.6) is 0 Å². The van der Waals surface area contributed by atoms with E-state index >= 15 is 0 Å². The Hall–Kier alpha value is -2.62. The van der Waals surface area contributed by atoms with E-state index in [1.165, 1.54) is 0 Å². The van der Waals surface area contributed by atoms with Crippen LogP contribution in [-0.4, -0.2) is 25.0 Å². The number of ether oxygens (including phenoxy) is 1. The number of nitrogens with one attached hydrogen (secondary N) is 1. The maximum Gasteiger partial charge on any atom is 0.407 e. The molecule has 0 heterocycles. The molecular formula is C21H25NO3. The molecule has 1 aliphatic carbocycles. The molecule has 132 valence electrons. The molecule has 0 fully saturated rings. The first kappa shape index (κ1) is 18.7. The molecule has 1 unspecified atom stereocenters. The molecule has 1 N–H and O–H groups in total. The van der Waals surface area contributed by atoms with Crippen molar-refractivity contribution in [2.45, 2.75) is 32.7 Å². The molecule has 1 aromatic carbocycles. The summed E-state index contributed by atoms with van der Waals surface area (Å²) in [7, 11) is 0. The average Bonchev–Trinajstić information content (AvgIpc) is 2.90. The molecule has 0 saturated heterocycles. The number of rotatable bonds is 7. The second kappa shape index (κ2) is 8.47. The van der Waals surface area contributed by atoms with Crippen LogP contribution < -0.4 is 5.32 Å². The zero-order chi connectivity index (χ0) is 18.4. The predicted octanol–water partition coefficient (Wildman–Crippen LogP) is 4.25. The number of alkyl carbamates (subject to hydrolysis) is 1. The van der Waals surface area contributed by atoms with Crippen LogP contribution in [0.15, 0.2) is 54.6 Å². The lowest BCUT2D eigenvalue weighted by atomic mass is 9.96. The maximum atomic E-state index is 12.1. The summed E-state index contributed by atoms with van der Waals surface area (Å²) in [6.45, 7) is 9.83. The Morgan fingerprint density at radius 3 is 2.68 bits per heavy atom. The van der Waals surface area contributed by atoms with E-state index in [1.54, 1.807) is 0 Å². The van der Waals surface area contributed by atoms with Crippen molar-refractivity contribution in [3.8, 4) is 0 Å². The molecule has 1 aromatic rings.